The second-order valence-corrected chi connectivity index (χ2v) is 7.29. The molecule has 1 unspecified atom stereocenters. The van der Waals surface area contributed by atoms with Gasteiger partial charge in [-0.3, -0.25) is 4.79 Å². The predicted octanol–water partition coefficient (Wildman–Crippen LogP) is 3.69. The van der Waals surface area contributed by atoms with Gasteiger partial charge in [0, 0.05) is 17.5 Å². The van der Waals surface area contributed by atoms with Crippen LogP contribution in [0.25, 0.3) is 0 Å². The predicted molar refractivity (Wildman–Crippen MR) is 80.5 cm³/mol. The summed E-state index contributed by atoms with van der Waals surface area (Å²) in [5.41, 5.74) is 9.79. The summed E-state index contributed by atoms with van der Waals surface area (Å²) in [6.45, 7) is 2.24. The van der Waals surface area contributed by atoms with Crippen LogP contribution in [-0.4, -0.2) is 5.78 Å². The lowest BCUT2D eigenvalue weighted by molar-refractivity contribution is -0.129. The standard InChI is InChI=1S/C18H23NO/c1-18-9-8-14-13-5-3-12(19)10-11(13)2-4-15(14)16(18)6-7-17(18)20/h3,5,10,14-16H,2,4,6-9,19H2,1H3/t14-,15-,16?,18+/m1/s1. The molecule has 0 heterocycles. The van der Waals surface area contributed by atoms with Crippen molar-refractivity contribution in [3.8, 4) is 0 Å². The Morgan fingerprint density at radius 2 is 2.05 bits per heavy atom. The molecule has 3 aliphatic rings. The highest BCUT2D eigenvalue weighted by atomic mass is 16.1. The molecule has 2 nitrogen and oxygen atoms in total. The van der Waals surface area contributed by atoms with E-state index in [1.54, 1.807) is 0 Å². The number of hydrogen-bond acceptors (Lipinski definition) is 2. The highest BCUT2D eigenvalue weighted by molar-refractivity contribution is 5.87. The Balaban J connectivity index is 1.73. The number of carbonyl (C=O) groups is 1. The number of aryl methyl sites for hydroxylation is 1. The van der Waals surface area contributed by atoms with Gasteiger partial charge < -0.3 is 5.73 Å². The Morgan fingerprint density at radius 1 is 1.20 bits per heavy atom. The molecule has 0 amide bonds. The minimum Gasteiger partial charge on any atom is -0.399 e. The van der Waals surface area contributed by atoms with Gasteiger partial charge in [-0.05, 0) is 73.1 Å². The number of nitrogens with two attached hydrogens (primary N) is 1. The molecule has 4 atom stereocenters. The Morgan fingerprint density at radius 3 is 2.90 bits per heavy atom. The molecule has 20 heavy (non-hydrogen) atoms. The zero-order chi connectivity index (χ0) is 13.9. The summed E-state index contributed by atoms with van der Waals surface area (Å²) in [6.07, 6.45) is 6.60. The van der Waals surface area contributed by atoms with Gasteiger partial charge in [0.05, 0.1) is 0 Å². The number of fused-ring (bicyclic) bond motifs is 5. The molecular weight excluding hydrogens is 246 g/mol. The molecule has 0 aliphatic heterocycles. The molecule has 2 heteroatoms. The van der Waals surface area contributed by atoms with E-state index in [1.165, 1.54) is 24.0 Å². The molecule has 0 saturated heterocycles. The molecule has 0 bridgehead atoms. The number of rotatable bonds is 0. The summed E-state index contributed by atoms with van der Waals surface area (Å²) in [6, 6.07) is 6.47. The second-order valence-electron chi connectivity index (χ2n) is 7.29. The van der Waals surface area contributed by atoms with Gasteiger partial charge in [-0.2, -0.15) is 0 Å². The van der Waals surface area contributed by atoms with Crippen LogP contribution >= 0.6 is 0 Å². The lowest BCUT2D eigenvalue weighted by Crippen LogP contribution is -2.42. The second kappa shape index (κ2) is 4.09. The van der Waals surface area contributed by atoms with Crippen molar-refractivity contribution in [3.63, 3.8) is 0 Å². The van der Waals surface area contributed by atoms with E-state index in [2.05, 4.69) is 25.1 Å². The van der Waals surface area contributed by atoms with Crippen LogP contribution < -0.4 is 5.73 Å². The fraction of sp³-hybridized carbons (Fsp3) is 0.611. The molecule has 4 rings (SSSR count). The molecule has 2 fully saturated rings. The first-order valence-electron chi connectivity index (χ1n) is 8.01. The van der Waals surface area contributed by atoms with Crippen LogP contribution in [0.15, 0.2) is 18.2 Å². The smallest absolute Gasteiger partial charge is 0.139 e. The molecule has 1 aromatic carbocycles. The average Bonchev–Trinajstić information content (AvgIpc) is 2.74. The third-order valence-corrected chi connectivity index (χ3v) is 6.46. The van der Waals surface area contributed by atoms with Gasteiger partial charge in [-0.25, -0.2) is 0 Å². The van der Waals surface area contributed by atoms with Crippen molar-refractivity contribution in [3.05, 3.63) is 29.3 Å². The number of Topliss-reactive ketones (excluding diaryl/α,β-unsaturated/α-hetero) is 1. The van der Waals surface area contributed by atoms with Gasteiger partial charge in [0.15, 0.2) is 0 Å². The van der Waals surface area contributed by atoms with Crippen LogP contribution in [0, 0.1) is 17.3 Å². The maximum absolute atomic E-state index is 12.3. The van der Waals surface area contributed by atoms with Crippen LogP contribution in [0.4, 0.5) is 5.69 Å². The summed E-state index contributed by atoms with van der Waals surface area (Å²) in [7, 11) is 0. The van der Waals surface area contributed by atoms with Crippen molar-refractivity contribution in [1.29, 1.82) is 0 Å². The molecular formula is C18H23NO. The van der Waals surface area contributed by atoms with Crippen LogP contribution in [-0.2, 0) is 11.2 Å². The SMILES string of the molecule is C[C@]12CC[C@@H]3c4ccc(N)cc4CC[C@H]3C1CCC2=O. The minimum absolute atomic E-state index is 0.00746. The zero-order valence-electron chi connectivity index (χ0n) is 12.2. The Labute approximate surface area is 120 Å². The van der Waals surface area contributed by atoms with E-state index in [0.29, 0.717) is 17.6 Å². The topological polar surface area (TPSA) is 43.1 Å². The van der Waals surface area contributed by atoms with E-state index in [-0.39, 0.29) is 5.41 Å². The largest absolute Gasteiger partial charge is 0.399 e. The normalized spacial score (nSPS) is 39.0. The van der Waals surface area contributed by atoms with Crippen molar-refractivity contribution in [1.82, 2.24) is 0 Å². The summed E-state index contributed by atoms with van der Waals surface area (Å²) < 4.78 is 0. The van der Waals surface area contributed by atoms with Gasteiger partial charge in [-0.1, -0.05) is 13.0 Å². The molecule has 106 valence electrons. The number of hydrogen-bond donors (Lipinski definition) is 1. The van der Waals surface area contributed by atoms with Gasteiger partial charge >= 0.3 is 0 Å². The zero-order valence-corrected chi connectivity index (χ0v) is 12.2. The third-order valence-electron chi connectivity index (χ3n) is 6.46. The Bertz CT molecular complexity index is 579. The van der Waals surface area contributed by atoms with E-state index in [4.69, 9.17) is 5.73 Å². The highest BCUT2D eigenvalue weighted by Gasteiger charge is 2.54. The van der Waals surface area contributed by atoms with Crippen molar-refractivity contribution < 1.29 is 4.79 Å². The molecule has 0 aromatic heterocycles. The number of benzene rings is 1. The van der Waals surface area contributed by atoms with Gasteiger partial charge in [0.25, 0.3) is 0 Å². The van der Waals surface area contributed by atoms with Crippen LogP contribution in [0.5, 0.6) is 0 Å². The lowest BCUT2D eigenvalue weighted by Gasteiger charge is -2.48. The van der Waals surface area contributed by atoms with E-state index in [0.717, 1.165) is 37.3 Å². The van der Waals surface area contributed by atoms with Gasteiger partial charge in [0.1, 0.15) is 5.78 Å². The fourth-order valence-corrected chi connectivity index (χ4v) is 5.37. The fourth-order valence-electron chi connectivity index (χ4n) is 5.37. The van der Waals surface area contributed by atoms with E-state index < -0.39 is 0 Å². The van der Waals surface area contributed by atoms with E-state index >= 15 is 0 Å². The number of nitrogen functional groups attached to an aromatic ring is 1. The van der Waals surface area contributed by atoms with E-state index in [9.17, 15) is 4.79 Å². The van der Waals surface area contributed by atoms with Gasteiger partial charge in [-0.15, -0.1) is 0 Å². The highest BCUT2D eigenvalue weighted by Crippen LogP contribution is 2.59. The molecule has 1 aromatic rings. The number of ketones is 1. The maximum Gasteiger partial charge on any atom is 0.139 e. The monoisotopic (exact) mass is 269 g/mol. The molecule has 0 radical (unpaired) electrons. The van der Waals surface area contributed by atoms with Crippen LogP contribution in [0.1, 0.15) is 56.1 Å². The molecule has 3 aliphatic carbocycles. The van der Waals surface area contributed by atoms with E-state index in [1.807, 2.05) is 0 Å². The van der Waals surface area contributed by atoms with Crippen molar-refractivity contribution in [2.45, 2.75) is 51.4 Å². The minimum atomic E-state index is -0.00746. The number of carbonyl (C=O) groups excluding carboxylic acids is 1. The first-order valence-corrected chi connectivity index (χ1v) is 8.01. The Hall–Kier alpha value is -1.31. The summed E-state index contributed by atoms with van der Waals surface area (Å²) >= 11 is 0. The Kier molecular flexibility index (Phi) is 2.55. The first-order chi connectivity index (χ1) is 9.59. The molecule has 2 saturated carbocycles. The summed E-state index contributed by atoms with van der Waals surface area (Å²) in [5.74, 6) is 2.54. The van der Waals surface area contributed by atoms with Crippen molar-refractivity contribution in [2.75, 3.05) is 5.73 Å². The summed E-state index contributed by atoms with van der Waals surface area (Å²) in [5, 5.41) is 0. The lowest BCUT2D eigenvalue weighted by atomic mass is 9.55. The quantitative estimate of drug-likeness (QED) is 0.730. The van der Waals surface area contributed by atoms with Crippen molar-refractivity contribution >= 4 is 11.5 Å². The molecule has 2 N–H and O–H groups in total. The number of anilines is 1. The van der Waals surface area contributed by atoms with Crippen molar-refractivity contribution in [2.24, 2.45) is 17.3 Å². The first kappa shape index (κ1) is 12.4. The van der Waals surface area contributed by atoms with Crippen LogP contribution in [0.2, 0.25) is 0 Å². The van der Waals surface area contributed by atoms with Gasteiger partial charge in [0.2, 0.25) is 0 Å². The summed E-state index contributed by atoms with van der Waals surface area (Å²) in [4.78, 5) is 12.3. The van der Waals surface area contributed by atoms with Crippen LogP contribution in [0.3, 0.4) is 0 Å². The third kappa shape index (κ3) is 1.54. The maximum atomic E-state index is 12.3. The average molecular weight is 269 g/mol. The molecule has 0 spiro atoms.